The number of aryl methyl sites for hydroxylation is 1. The van der Waals surface area contributed by atoms with Crippen LogP contribution in [0.25, 0.3) is 0 Å². The standard InChI is InChI=1S/C11H17NO2S/c1-7-6-15-11(12-7)5-10(13)9-3-4-14-8(9)2/h6,8-10,13H,3-5H2,1-2H3. The molecule has 1 N–H and O–H groups in total. The maximum atomic E-state index is 10.1. The van der Waals surface area contributed by atoms with E-state index in [2.05, 4.69) is 4.98 Å². The first-order valence-corrected chi connectivity index (χ1v) is 6.25. The van der Waals surface area contributed by atoms with Gasteiger partial charge in [-0.05, 0) is 20.3 Å². The SMILES string of the molecule is Cc1csc(CC(O)C2CCOC2C)n1. The zero-order chi connectivity index (χ0) is 10.8. The number of nitrogens with zero attached hydrogens (tertiary/aromatic N) is 1. The molecule has 0 aliphatic carbocycles. The maximum Gasteiger partial charge on any atom is 0.0954 e. The Bertz CT molecular complexity index is 326. The van der Waals surface area contributed by atoms with E-state index in [0.717, 1.165) is 23.7 Å². The zero-order valence-corrected chi connectivity index (χ0v) is 9.96. The lowest BCUT2D eigenvalue weighted by Gasteiger charge is -2.19. The molecule has 0 aromatic carbocycles. The third kappa shape index (κ3) is 2.56. The lowest BCUT2D eigenvalue weighted by Crippen LogP contribution is -2.28. The molecule has 1 saturated heterocycles. The molecule has 2 rings (SSSR count). The van der Waals surface area contributed by atoms with E-state index in [1.54, 1.807) is 11.3 Å². The second kappa shape index (κ2) is 4.60. The molecule has 4 heteroatoms. The second-order valence-electron chi connectivity index (χ2n) is 4.18. The van der Waals surface area contributed by atoms with Crippen molar-refractivity contribution in [1.29, 1.82) is 0 Å². The highest BCUT2D eigenvalue weighted by molar-refractivity contribution is 7.09. The monoisotopic (exact) mass is 227 g/mol. The van der Waals surface area contributed by atoms with Crippen molar-refractivity contribution < 1.29 is 9.84 Å². The summed E-state index contributed by atoms with van der Waals surface area (Å²) in [7, 11) is 0. The maximum absolute atomic E-state index is 10.1. The first kappa shape index (κ1) is 11.0. The molecule has 0 bridgehead atoms. The van der Waals surface area contributed by atoms with Crippen molar-refractivity contribution in [2.75, 3.05) is 6.61 Å². The van der Waals surface area contributed by atoms with E-state index >= 15 is 0 Å². The number of thiazole rings is 1. The van der Waals surface area contributed by atoms with Crippen molar-refractivity contribution in [3.8, 4) is 0 Å². The van der Waals surface area contributed by atoms with Gasteiger partial charge in [-0.15, -0.1) is 11.3 Å². The molecule has 1 aliphatic rings. The zero-order valence-electron chi connectivity index (χ0n) is 9.14. The first-order chi connectivity index (χ1) is 7.16. The Kier molecular flexibility index (Phi) is 3.38. The number of rotatable bonds is 3. The van der Waals surface area contributed by atoms with Gasteiger partial charge in [0.15, 0.2) is 0 Å². The first-order valence-electron chi connectivity index (χ1n) is 5.37. The Hall–Kier alpha value is -0.450. The average molecular weight is 227 g/mol. The van der Waals surface area contributed by atoms with E-state index in [9.17, 15) is 5.11 Å². The molecule has 3 unspecified atom stereocenters. The van der Waals surface area contributed by atoms with Crippen molar-refractivity contribution in [1.82, 2.24) is 4.98 Å². The molecule has 3 atom stereocenters. The van der Waals surface area contributed by atoms with E-state index in [1.165, 1.54) is 0 Å². The van der Waals surface area contributed by atoms with E-state index in [-0.39, 0.29) is 18.1 Å². The van der Waals surface area contributed by atoms with Crippen LogP contribution in [0.5, 0.6) is 0 Å². The van der Waals surface area contributed by atoms with Crippen LogP contribution in [0, 0.1) is 12.8 Å². The van der Waals surface area contributed by atoms with Crippen molar-refractivity contribution in [2.24, 2.45) is 5.92 Å². The molecule has 1 aliphatic heterocycles. The quantitative estimate of drug-likeness (QED) is 0.856. The Morgan fingerprint density at radius 2 is 2.53 bits per heavy atom. The van der Waals surface area contributed by atoms with Crippen LogP contribution in [0.4, 0.5) is 0 Å². The lowest BCUT2D eigenvalue weighted by molar-refractivity contribution is 0.0440. The summed E-state index contributed by atoms with van der Waals surface area (Å²) in [5, 5.41) is 13.1. The van der Waals surface area contributed by atoms with Gasteiger partial charge in [0, 0.05) is 30.0 Å². The minimum absolute atomic E-state index is 0.182. The summed E-state index contributed by atoms with van der Waals surface area (Å²) in [6.07, 6.45) is 1.50. The predicted octanol–water partition coefficient (Wildman–Crippen LogP) is 1.78. The Balaban J connectivity index is 1.94. The van der Waals surface area contributed by atoms with Crippen molar-refractivity contribution >= 4 is 11.3 Å². The molecular weight excluding hydrogens is 210 g/mol. The topological polar surface area (TPSA) is 42.4 Å². The van der Waals surface area contributed by atoms with Crippen molar-refractivity contribution in [2.45, 2.75) is 38.9 Å². The predicted molar refractivity (Wildman–Crippen MR) is 60.1 cm³/mol. The molecule has 84 valence electrons. The fourth-order valence-corrected chi connectivity index (χ4v) is 2.90. The van der Waals surface area contributed by atoms with Crippen LogP contribution in [-0.2, 0) is 11.2 Å². The van der Waals surface area contributed by atoms with Crippen molar-refractivity contribution in [3.63, 3.8) is 0 Å². The van der Waals surface area contributed by atoms with E-state index in [0.29, 0.717) is 6.42 Å². The van der Waals surface area contributed by atoms with Crippen LogP contribution >= 0.6 is 11.3 Å². The van der Waals surface area contributed by atoms with Gasteiger partial charge in [0.2, 0.25) is 0 Å². The highest BCUT2D eigenvalue weighted by Gasteiger charge is 2.31. The molecule has 0 saturated carbocycles. The van der Waals surface area contributed by atoms with Gasteiger partial charge in [-0.25, -0.2) is 4.98 Å². The van der Waals surface area contributed by atoms with Crippen LogP contribution < -0.4 is 0 Å². The largest absolute Gasteiger partial charge is 0.392 e. The van der Waals surface area contributed by atoms with Crippen molar-refractivity contribution in [3.05, 3.63) is 16.1 Å². The van der Waals surface area contributed by atoms with Crippen LogP contribution in [0.1, 0.15) is 24.0 Å². The minimum atomic E-state index is -0.312. The number of hydrogen-bond acceptors (Lipinski definition) is 4. The van der Waals surface area contributed by atoms with Gasteiger partial charge in [-0.3, -0.25) is 0 Å². The molecule has 15 heavy (non-hydrogen) atoms. The van der Waals surface area contributed by atoms with Gasteiger partial charge in [-0.1, -0.05) is 0 Å². The molecule has 0 spiro atoms. The number of aromatic nitrogens is 1. The van der Waals surface area contributed by atoms with Crippen LogP contribution in [0.2, 0.25) is 0 Å². The lowest BCUT2D eigenvalue weighted by atomic mass is 9.94. The average Bonchev–Trinajstić information content (AvgIpc) is 2.75. The number of aliphatic hydroxyl groups excluding tert-OH is 1. The summed E-state index contributed by atoms with van der Waals surface area (Å²) >= 11 is 1.63. The van der Waals surface area contributed by atoms with E-state index in [1.807, 2.05) is 19.2 Å². The normalized spacial score (nSPS) is 28.2. The summed E-state index contributed by atoms with van der Waals surface area (Å²) in [6.45, 7) is 4.79. The van der Waals surface area contributed by atoms with Gasteiger partial charge < -0.3 is 9.84 Å². The Morgan fingerprint density at radius 3 is 3.07 bits per heavy atom. The third-order valence-electron chi connectivity index (χ3n) is 2.98. The van der Waals surface area contributed by atoms with E-state index < -0.39 is 0 Å². The van der Waals surface area contributed by atoms with Gasteiger partial charge in [0.05, 0.1) is 17.2 Å². The smallest absolute Gasteiger partial charge is 0.0954 e. The highest BCUT2D eigenvalue weighted by Crippen LogP contribution is 2.26. The highest BCUT2D eigenvalue weighted by atomic mass is 32.1. The summed E-state index contributed by atoms with van der Waals surface area (Å²) in [5.41, 5.74) is 1.04. The number of aliphatic hydroxyl groups is 1. The molecule has 0 radical (unpaired) electrons. The summed E-state index contributed by atoms with van der Waals surface area (Å²) in [4.78, 5) is 4.36. The van der Waals surface area contributed by atoms with Crippen LogP contribution in [0.3, 0.4) is 0 Å². The molecule has 1 fully saturated rings. The van der Waals surface area contributed by atoms with E-state index in [4.69, 9.17) is 4.74 Å². The number of hydrogen-bond donors (Lipinski definition) is 1. The summed E-state index contributed by atoms with van der Waals surface area (Å²) < 4.78 is 5.45. The summed E-state index contributed by atoms with van der Waals surface area (Å²) in [6, 6.07) is 0. The third-order valence-corrected chi connectivity index (χ3v) is 3.97. The molecule has 0 amide bonds. The second-order valence-corrected chi connectivity index (χ2v) is 5.13. The van der Waals surface area contributed by atoms with Crippen LogP contribution in [0.15, 0.2) is 5.38 Å². The molecule has 1 aromatic rings. The fraction of sp³-hybridized carbons (Fsp3) is 0.727. The van der Waals surface area contributed by atoms with Gasteiger partial charge in [0.25, 0.3) is 0 Å². The van der Waals surface area contributed by atoms with Crippen LogP contribution in [-0.4, -0.2) is 28.9 Å². The Morgan fingerprint density at radius 1 is 1.73 bits per heavy atom. The molecular formula is C11H17NO2S. The fourth-order valence-electron chi connectivity index (χ4n) is 2.08. The molecule has 2 heterocycles. The Labute approximate surface area is 94.1 Å². The summed E-state index contributed by atoms with van der Waals surface area (Å²) in [5.74, 6) is 0.272. The number of ether oxygens (including phenoxy) is 1. The molecule has 3 nitrogen and oxygen atoms in total. The van der Waals surface area contributed by atoms with Gasteiger partial charge in [0.1, 0.15) is 0 Å². The van der Waals surface area contributed by atoms with Gasteiger partial charge >= 0.3 is 0 Å². The van der Waals surface area contributed by atoms with Gasteiger partial charge in [-0.2, -0.15) is 0 Å². The molecule has 1 aromatic heterocycles. The minimum Gasteiger partial charge on any atom is -0.392 e.